The SMILES string of the molecule is Cc1cc(C(=O)N2CCN3CCC[C@@H]3C2)c2c(C)noc2n1. The summed E-state index contributed by atoms with van der Waals surface area (Å²) in [6.45, 7) is 7.51. The number of hydrogen-bond donors (Lipinski definition) is 0. The van der Waals surface area contributed by atoms with Crippen molar-refractivity contribution < 1.29 is 9.32 Å². The third-order valence-corrected chi connectivity index (χ3v) is 4.85. The summed E-state index contributed by atoms with van der Waals surface area (Å²) in [7, 11) is 0. The van der Waals surface area contributed by atoms with Crippen LogP contribution in [-0.4, -0.2) is 58.1 Å². The molecule has 0 aliphatic carbocycles. The molecule has 2 aromatic heterocycles. The van der Waals surface area contributed by atoms with Crippen molar-refractivity contribution >= 4 is 17.0 Å². The molecule has 4 heterocycles. The number of fused-ring (bicyclic) bond motifs is 2. The van der Waals surface area contributed by atoms with E-state index in [0.29, 0.717) is 17.3 Å². The molecule has 0 bridgehead atoms. The van der Waals surface area contributed by atoms with Gasteiger partial charge < -0.3 is 9.42 Å². The highest BCUT2D eigenvalue weighted by Gasteiger charge is 2.33. The van der Waals surface area contributed by atoms with Gasteiger partial charge in [-0.05, 0) is 39.3 Å². The van der Waals surface area contributed by atoms with Crippen LogP contribution in [0.15, 0.2) is 10.6 Å². The van der Waals surface area contributed by atoms with E-state index < -0.39 is 0 Å². The fourth-order valence-corrected chi connectivity index (χ4v) is 3.73. The number of amides is 1. The smallest absolute Gasteiger partial charge is 0.258 e. The molecular weight excluding hydrogens is 280 g/mol. The van der Waals surface area contributed by atoms with Crippen molar-refractivity contribution in [1.29, 1.82) is 0 Å². The maximum absolute atomic E-state index is 13.0. The van der Waals surface area contributed by atoms with Gasteiger partial charge in [0.2, 0.25) is 0 Å². The monoisotopic (exact) mass is 300 g/mol. The van der Waals surface area contributed by atoms with E-state index in [1.165, 1.54) is 19.4 Å². The van der Waals surface area contributed by atoms with Gasteiger partial charge in [0, 0.05) is 31.4 Å². The van der Waals surface area contributed by atoms with Gasteiger partial charge in [-0.15, -0.1) is 0 Å². The third-order valence-electron chi connectivity index (χ3n) is 4.85. The van der Waals surface area contributed by atoms with Crippen LogP contribution in [-0.2, 0) is 0 Å². The second-order valence-electron chi connectivity index (χ2n) is 6.34. The van der Waals surface area contributed by atoms with Gasteiger partial charge in [-0.2, -0.15) is 0 Å². The Labute approximate surface area is 129 Å². The topological polar surface area (TPSA) is 62.5 Å². The van der Waals surface area contributed by atoms with Crippen molar-refractivity contribution in [3.63, 3.8) is 0 Å². The van der Waals surface area contributed by atoms with Crippen LogP contribution in [0.2, 0.25) is 0 Å². The summed E-state index contributed by atoms with van der Waals surface area (Å²) < 4.78 is 5.24. The summed E-state index contributed by atoms with van der Waals surface area (Å²) in [6.07, 6.45) is 2.44. The third kappa shape index (κ3) is 2.09. The van der Waals surface area contributed by atoms with Gasteiger partial charge in [-0.1, -0.05) is 5.16 Å². The highest BCUT2D eigenvalue weighted by Crippen LogP contribution is 2.26. The van der Waals surface area contributed by atoms with E-state index in [-0.39, 0.29) is 5.91 Å². The van der Waals surface area contributed by atoms with Crippen LogP contribution in [0, 0.1) is 13.8 Å². The molecule has 22 heavy (non-hydrogen) atoms. The minimum Gasteiger partial charge on any atom is -0.336 e. The second kappa shape index (κ2) is 5.05. The summed E-state index contributed by atoms with van der Waals surface area (Å²) >= 11 is 0. The summed E-state index contributed by atoms with van der Waals surface area (Å²) in [5, 5.41) is 4.72. The number of pyridine rings is 1. The van der Waals surface area contributed by atoms with Gasteiger partial charge in [0.25, 0.3) is 11.6 Å². The summed E-state index contributed by atoms with van der Waals surface area (Å²) in [5.41, 5.74) is 2.64. The first-order valence-electron chi connectivity index (χ1n) is 7.90. The molecule has 0 spiro atoms. The highest BCUT2D eigenvalue weighted by atomic mass is 16.5. The van der Waals surface area contributed by atoms with Crippen LogP contribution >= 0.6 is 0 Å². The first-order chi connectivity index (χ1) is 10.6. The Hall–Kier alpha value is -1.95. The van der Waals surface area contributed by atoms with E-state index in [1.54, 1.807) is 0 Å². The number of piperazine rings is 1. The number of nitrogens with zero attached hydrogens (tertiary/aromatic N) is 4. The van der Waals surface area contributed by atoms with Crippen molar-refractivity contribution in [3.05, 3.63) is 23.0 Å². The van der Waals surface area contributed by atoms with Gasteiger partial charge in [-0.3, -0.25) is 9.69 Å². The molecular formula is C16H20N4O2. The Morgan fingerprint density at radius 1 is 1.32 bits per heavy atom. The number of aromatic nitrogens is 2. The van der Waals surface area contributed by atoms with Crippen molar-refractivity contribution in [2.75, 3.05) is 26.2 Å². The van der Waals surface area contributed by atoms with E-state index in [0.717, 1.165) is 36.4 Å². The summed E-state index contributed by atoms with van der Waals surface area (Å²) in [4.78, 5) is 21.8. The minimum absolute atomic E-state index is 0.0772. The molecule has 2 fully saturated rings. The zero-order valence-corrected chi connectivity index (χ0v) is 13.0. The van der Waals surface area contributed by atoms with Crippen molar-refractivity contribution in [2.24, 2.45) is 0 Å². The molecule has 4 rings (SSSR count). The lowest BCUT2D eigenvalue weighted by Gasteiger charge is -2.37. The molecule has 6 heteroatoms. The molecule has 0 radical (unpaired) electrons. The van der Waals surface area contributed by atoms with E-state index in [9.17, 15) is 4.79 Å². The molecule has 2 aliphatic rings. The maximum Gasteiger partial charge on any atom is 0.258 e. The first-order valence-corrected chi connectivity index (χ1v) is 7.90. The van der Waals surface area contributed by atoms with Gasteiger partial charge in [-0.25, -0.2) is 4.98 Å². The summed E-state index contributed by atoms with van der Waals surface area (Å²) in [5.74, 6) is 0.0772. The van der Waals surface area contributed by atoms with Gasteiger partial charge >= 0.3 is 0 Å². The average molecular weight is 300 g/mol. The number of hydrogen-bond acceptors (Lipinski definition) is 5. The lowest BCUT2D eigenvalue weighted by Crippen LogP contribution is -2.52. The maximum atomic E-state index is 13.0. The first kappa shape index (κ1) is 13.7. The van der Waals surface area contributed by atoms with E-state index in [4.69, 9.17) is 4.52 Å². The van der Waals surface area contributed by atoms with Crippen LogP contribution < -0.4 is 0 Å². The largest absolute Gasteiger partial charge is 0.336 e. The van der Waals surface area contributed by atoms with Gasteiger partial charge in [0.1, 0.15) is 0 Å². The van der Waals surface area contributed by atoms with Crippen molar-refractivity contribution in [1.82, 2.24) is 19.9 Å². The van der Waals surface area contributed by atoms with Gasteiger partial charge in [0.05, 0.1) is 16.6 Å². The van der Waals surface area contributed by atoms with Crippen molar-refractivity contribution in [3.8, 4) is 0 Å². The molecule has 1 amide bonds. The van der Waals surface area contributed by atoms with Crippen LogP contribution in [0.25, 0.3) is 11.1 Å². The number of rotatable bonds is 1. The van der Waals surface area contributed by atoms with E-state index in [1.807, 2.05) is 24.8 Å². The zero-order chi connectivity index (χ0) is 15.3. The Balaban J connectivity index is 1.69. The van der Waals surface area contributed by atoms with Crippen LogP contribution in [0.5, 0.6) is 0 Å². The van der Waals surface area contributed by atoms with E-state index in [2.05, 4.69) is 15.0 Å². The molecule has 1 atom stereocenters. The lowest BCUT2D eigenvalue weighted by molar-refractivity contribution is 0.0573. The molecule has 0 saturated carbocycles. The molecule has 2 aromatic rings. The van der Waals surface area contributed by atoms with E-state index >= 15 is 0 Å². The molecule has 2 saturated heterocycles. The fourth-order valence-electron chi connectivity index (χ4n) is 3.73. The number of carbonyl (C=O) groups excluding carboxylic acids is 1. The Bertz CT molecular complexity index is 739. The van der Waals surface area contributed by atoms with Crippen LogP contribution in [0.1, 0.15) is 34.6 Å². The normalized spacial score (nSPS) is 22.3. The Kier molecular flexibility index (Phi) is 3.14. The highest BCUT2D eigenvalue weighted by molar-refractivity contribution is 6.06. The van der Waals surface area contributed by atoms with Gasteiger partial charge in [0.15, 0.2) is 0 Å². The molecule has 0 N–H and O–H groups in total. The quantitative estimate of drug-likeness (QED) is 0.803. The standard InChI is InChI=1S/C16H20N4O2/c1-10-8-13(14-11(2)18-22-15(14)17-10)16(21)20-7-6-19-5-3-4-12(19)9-20/h8,12H,3-7,9H2,1-2H3/t12-/m1/s1. The lowest BCUT2D eigenvalue weighted by atomic mass is 10.1. The molecule has 116 valence electrons. The number of aryl methyl sites for hydroxylation is 2. The summed E-state index contributed by atoms with van der Waals surface area (Å²) in [6, 6.07) is 2.38. The molecule has 2 aliphatic heterocycles. The van der Waals surface area contributed by atoms with Crippen molar-refractivity contribution in [2.45, 2.75) is 32.7 Å². The Morgan fingerprint density at radius 3 is 3.05 bits per heavy atom. The minimum atomic E-state index is 0.0772. The zero-order valence-electron chi connectivity index (χ0n) is 13.0. The van der Waals surface area contributed by atoms with Crippen LogP contribution in [0.4, 0.5) is 0 Å². The molecule has 0 unspecified atom stereocenters. The van der Waals surface area contributed by atoms with Crippen LogP contribution in [0.3, 0.4) is 0 Å². The molecule has 6 nitrogen and oxygen atoms in total. The predicted molar refractivity (Wildman–Crippen MR) is 81.8 cm³/mol. The predicted octanol–water partition coefficient (Wildman–Crippen LogP) is 1.76. The average Bonchev–Trinajstić information content (AvgIpc) is 3.12. The fraction of sp³-hybridized carbons (Fsp3) is 0.562. The molecule has 0 aromatic carbocycles. The Morgan fingerprint density at radius 2 is 2.18 bits per heavy atom. The second-order valence-corrected chi connectivity index (χ2v) is 6.34. The number of carbonyl (C=O) groups is 1.